The summed E-state index contributed by atoms with van der Waals surface area (Å²) in [5.41, 5.74) is 1.45. The van der Waals surface area contributed by atoms with Crippen molar-refractivity contribution < 1.29 is 17.9 Å². The number of benzene rings is 1. The van der Waals surface area contributed by atoms with Gasteiger partial charge < -0.3 is 9.72 Å². The fraction of sp³-hybridized carbons (Fsp3) is 0.286. The summed E-state index contributed by atoms with van der Waals surface area (Å²) < 4.78 is 40.0. The van der Waals surface area contributed by atoms with Crippen molar-refractivity contribution in [3.63, 3.8) is 0 Å². The van der Waals surface area contributed by atoms with Crippen molar-refractivity contribution in [1.29, 1.82) is 0 Å². The number of nitrogens with zero attached hydrogens (tertiary/aromatic N) is 1. The van der Waals surface area contributed by atoms with Gasteiger partial charge in [0.05, 0.1) is 5.69 Å². The van der Waals surface area contributed by atoms with Crippen molar-refractivity contribution in [2.45, 2.75) is 26.6 Å². The molecule has 1 aromatic heterocycles. The van der Waals surface area contributed by atoms with E-state index in [1.807, 2.05) is 6.92 Å². The number of H-pyrrole nitrogens is 1. The third-order valence-electron chi connectivity index (χ3n) is 2.95. The van der Waals surface area contributed by atoms with E-state index in [1.165, 1.54) is 24.3 Å². The number of aromatic amines is 1. The second-order valence-electron chi connectivity index (χ2n) is 4.41. The van der Waals surface area contributed by atoms with Gasteiger partial charge in [-0.15, -0.1) is 13.2 Å². The first-order valence-electron chi connectivity index (χ1n) is 6.26. The molecule has 7 heteroatoms. The topological polar surface area (TPSA) is 55.0 Å². The smallest absolute Gasteiger partial charge is 0.406 e. The molecule has 112 valence electrons. The van der Waals surface area contributed by atoms with Crippen LogP contribution in [0.3, 0.4) is 0 Å². The van der Waals surface area contributed by atoms with Gasteiger partial charge in [-0.2, -0.15) is 0 Å². The largest absolute Gasteiger partial charge is 0.573 e. The predicted octanol–water partition coefficient (Wildman–Crippen LogP) is 3.21. The summed E-state index contributed by atoms with van der Waals surface area (Å²) in [4.78, 5) is 18.7. The molecule has 0 amide bonds. The Labute approximate surface area is 118 Å². The molecule has 0 aliphatic carbocycles. The summed E-state index contributed by atoms with van der Waals surface area (Å²) in [5, 5.41) is 0. The maximum atomic E-state index is 12.1. The van der Waals surface area contributed by atoms with E-state index in [-0.39, 0.29) is 11.3 Å². The summed E-state index contributed by atoms with van der Waals surface area (Å²) >= 11 is 0. The molecular formula is C14H13F3N2O2. The Bertz CT molecular complexity index is 691. The fourth-order valence-corrected chi connectivity index (χ4v) is 1.87. The number of alkyl halides is 3. The first-order chi connectivity index (χ1) is 9.80. The van der Waals surface area contributed by atoms with Gasteiger partial charge in [0.25, 0.3) is 5.56 Å². The lowest BCUT2D eigenvalue weighted by Crippen LogP contribution is -2.17. The zero-order valence-corrected chi connectivity index (χ0v) is 11.4. The van der Waals surface area contributed by atoms with E-state index in [9.17, 15) is 18.0 Å². The third-order valence-corrected chi connectivity index (χ3v) is 2.95. The van der Waals surface area contributed by atoms with Gasteiger partial charge in [-0.05, 0) is 37.6 Å². The average molecular weight is 298 g/mol. The van der Waals surface area contributed by atoms with Crippen LogP contribution in [0.5, 0.6) is 5.75 Å². The molecule has 1 N–H and O–H groups in total. The zero-order valence-electron chi connectivity index (χ0n) is 11.4. The third kappa shape index (κ3) is 3.62. The molecule has 0 unspecified atom stereocenters. The number of nitrogens with one attached hydrogen (secondary N) is 1. The molecule has 0 aliphatic rings. The number of aromatic nitrogens is 2. The second-order valence-corrected chi connectivity index (χ2v) is 4.41. The second kappa shape index (κ2) is 5.59. The minimum Gasteiger partial charge on any atom is -0.406 e. The van der Waals surface area contributed by atoms with E-state index in [0.29, 0.717) is 29.1 Å². The van der Waals surface area contributed by atoms with Gasteiger partial charge in [0.2, 0.25) is 0 Å². The minimum atomic E-state index is -4.73. The van der Waals surface area contributed by atoms with Crippen molar-refractivity contribution in [3.8, 4) is 17.1 Å². The van der Waals surface area contributed by atoms with Crippen molar-refractivity contribution in [3.05, 3.63) is 45.9 Å². The maximum Gasteiger partial charge on any atom is 0.573 e. The van der Waals surface area contributed by atoms with Gasteiger partial charge in [0.15, 0.2) is 0 Å². The van der Waals surface area contributed by atoms with Crippen LogP contribution in [0, 0.1) is 6.92 Å². The van der Waals surface area contributed by atoms with Crippen molar-refractivity contribution in [1.82, 2.24) is 9.97 Å². The van der Waals surface area contributed by atoms with Gasteiger partial charge in [-0.25, -0.2) is 4.98 Å². The Hall–Kier alpha value is -2.31. The van der Waals surface area contributed by atoms with E-state index in [1.54, 1.807) is 6.92 Å². The van der Waals surface area contributed by atoms with Gasteiger partial charge in [0, 0.05) is 11.1 Å². The highest BCUT2D eigenvalue weighted by Crippen LogP contribution is 2.25. The molecule has 0 spiro atoms. The fourth-order valence-electron chi connectivity index (χ4n) is 1.87. The summed E-state index contributed by atoms with van der Waals surface area (Å²) in [6, 6.07) is 5.17. The Morgan fingerprint density at radius 1 is 1.24 bits per heavy atom. The number of aryl methyl sites for hydroxylation is 1. The molecule has 4 nitrogen and oxygen atoms in total. The van der Waals surface area contributed by atoms with Crippen LogP contribution in [0.2, 0.25) is 0 Å². The zero-order chi connectivity index (χ0) is 15.6. The van der Waals surface area contributed by atoms with Crippen molar-refractivity contribution in [2.75, 3.05) is 0 Å². The Morgan fingerprint density at radius 2 is 1.86 bits per heavy atom. The molecule has 21 heavy (non-hydrogen) atoms. The van der Waals surface area contributed by atoms with Gasteiger partial charge >= 0.3 is 6.36 Å². The van der Waals surface area contributed by atoms with Gasteiger partial charge in [0.1, 0.15) is 11.6 Å². The quantitative estimate of drug-likeness (QED) is 0.946. The molecule has 2 aromatic rings. The van der Waals surface area contributed by atoms with Gasteiger partial charge in [-0.1, -0.05) is 6.92 Å². The van der Waals surface area contributed by atoms with E-state index >= 15 is 0 Å². The Morgan fingerprint density at radius 3 is 2.38 bits per heavy atom. The first kappa shape index (κ1) is 15.1. The number of hydrogen-bond acceptors (Lipinski definition) is 3. The summed E-state index contributed by atoms with van der Waals surface area (Å²) in [5.74, 6) is -0.00238. The molecule has 0 atom stereocenters. The minimum absolute atomic E-state index is 0.257. The van der Waals surface area contributed by atoms with Crippen LogP contribution in [-0.2, 0) is 6.42 Å². The molecule has 0 bridgehead atoms. The summed E-state index contributed by atoms with van der Waals surface area (Å²) in [7, 11) is 0. The highest BCUT2D eigenvalue weighted by atomic mass is 19.4. The van der Waals surface area contributed by atoms with E-state index < -0.39 is 6.36 Å². The standard InChI is InChI=1S/C14H13F3N2O2/c1-3-11-8(2)13(20)19-12(18-11)9-4-6-10(7-5-9)21-14(15,16)17/h4-7H,3H2,1-2H3,(H,18,19,20). The normalized spacial score (nSPS) is 11.5. The summed E-state index contributed by atoms with van der Waals surface area (Å²) in [6.07, 6.45) is -4.13. The first-order valence-corrected chi connectivity index (χ1v) is 6.26. The monoisotopic (exact) mass is 298 g/mol. The molecule has 0 aliphatic heterocycles. The van der Waals surface area contributed by atoms with Crippen LogP contribution >= 0.6 is 0 Å². The average Bonchev–Trinajstić information content (AvgIpc) is 2.41. The highest BCUT2D eigenvalue weighted by Gasteiger charge is 2.30. The number of hydrogen-bond donors (Lipinski definition) is 1. The number of ether oxygens (including phenoxy) is 1. The molecule has 0 saturated carbocycles. The van der Waals surface area contributed by atoms with Crippen LogP contribution < -0.4 is 10.3 Å². The molecule has 0 fully saturated rings. The lowest BCUT2D eigenvalue weighted by atomic mass is 10.1. The molecule has 0 radical (unpaired) electrons. The van der Waals surface area contributed by atoms with Crippen molar-refractivity contribution >= 4 is 0 Å². The highest BCUT2D eigenvalue weighted by molar-refractivity contribution is 5.56. The van der Waals surface area contributed by atoms with Crippen LogP contribution in [0.4, 0.5) is 13.2 Å². The number of rotatable bonds is 3. The molecule has 2 rings (SSSR count). The molecule has 0 saturated heterocycles. The van der Waals surface area contributed by atoms with E-state index in [4.69, 9.17) is 0 Å². The summed E-state index contributed by atoms with van der Waals surface area (Å²) in [6.45, 7) is 3.55. The SMILES string of the molecule is CCc1nc(-c2ccc(OC(F)(F)F)cc2)[nH]c(=O)c1C. The maximum absolute atomic E-state index is 12.1. The molecule has 1 aromatic carbocycles. The van der Waals surface area contributed by atoms with Crippen molar-refractivity contribution in [2.24, 2.45) is 0 Å². The van der Waals surface area contributed by atoms with Crippen LogP contribution in [-0.4, -0.2) is 16.3 Å². The molecular weight excluding hydrogens is 285 g/mol. The van der Waals surface area contributed by atoms with Crippen LogP contribution in [0.1, 0.15) is 18.2 Å². The van der Waals surface area contributed by atoms with E-state index in [2.05, 4.69) is 14.7 Å². The van der Waals surface area contributed by atoms with Crippen LogP contribution in [0.15, 0.2) is 29.1 Å². The van der Waals surface area contributed by atoms with Crippen LogP contribution in [0.25, 0.3) is 11.4 Å². The predicted molar refractivity (Wildman–Crippen MR) is 71.1 cm³/mol. The van der Waals surface area contributed by atoms with Gasteiger partial charge in [-0.3, -0.25) is 4.79 Å². The molecule has 1 heterocycles. The Kier molecular flexibility index (Phi) is 4.02. The lowest BCUT2D eigenvalue weighted by Gasteiger charge is -2.10. The number of halogens is 3. The lowest BCUT2D eigenvalue weighted by molar-refractivity contribution is -0.274. The Balaban J connectivity index is 2.35. The van der Waals surface area contributed by atoms with E-state index in [0.717, 1.165) is 0 Å².